The maximum atomic E-state index is 12.9. The molecule has 0 radical (unpaired) electrons. The molecule has 1 saturated heterocycles. The third-order valence-corrected chi connectivity index (χ3v) is 4.05. The van der Waals surface area contributed by atoms with Gasteiger partial charge in [-0.05, 0) is 26.3 Å². The molecule has 0 spiro atoms. The summed E-state index contributed by atoms with van der Waals surface area (Å²) in [7, 11) is 0. The Hall–Kier alpha value is -1.88. The topological polar surface area (TPSA) is 60.9 Å². The van der Waals surface area contributed by atoms with Crippen molar-refractivity contribution in [1.29, 1.82) is 0 Å². The van der Waals surface area contributed by atoms with Gasteiger partial charge in [0, 0.05) is 32.6 Å². The number of benzene rings is 1. The minimum atomic E-state index is -0.975. The van der Waals surface area contributed by atoms with Crippen molar-refractivity contribution in [2.75, 3.05) is 19.6 Å². The van der Waals surface area contributed by atoms with Gasteiger partial charge in [0.15, 0.2) is 0 Å². The summed E-state index contributed by atoms with van der Waals surface area (Å²) in [6, 6.07) is 9.71. The number of carbonyl (C=O) groups is 2. The highest BCUT2D eigenvalue weighted by Gasteiger charge is 2.36. The molecule has 1 heterocycles. The maximum absolute atomic E-state index is 12.9. The maximum Gasteiger partial charge on any atom is 0.228 e. The Bertz CT molecular complexity index is 551. The smallest absolute Gasteiger partial charge is 0.228 e. The van der Waals surface area contributed by atoms with Crippen LogP contribution in [-0.4, -0.2) is 52.0 Å². The molecule has 0 saturated carbocycles. The fourth-order valence-electron chi connectivity index (χ4n) is 2.98. The summed E-state index contributed by atoms with van der Waals surface area (Å²) in [4.78, 5) is 28.2. The summed E-state index contributed by atoms with van der Waals surface area (Å²) in [5.74, 6) is -0.331. The summed E-state index contributed by atoms with van der Waals surface area (Å²) in [6.07, 6.45) is 0.268. The number of hydrogen-bond donors (Lipinski definition) is 1. The Morgan fingerprint density at radius 2 is 2.00 bits per heavy atom. The van der Waals surface area contributed by atoms with Gasteiger partial charge in [-0.1, -0.05) is 30.3 Å². The highest BCUT2D eigenvalue weighted by atomic mass is 16.3. The third-order valence-electron chi connectivity index (χ3n) is 4.05. The zero-order valence-corrected chi connectivity index (χ0v) is 14.2. The van der Waals surface area contributed by atoms with Crippen molar-refractivity contribution in [1.82, 2.24) is 9.80 Å². The van der Waals surface area contributed by atoms with Gasteiger partial charge >= 0.3 is 0 Å². The van der Waals surface area contributed by atoms with Gasteiger partial charge < -0.3 is 14.9 Å². The van der Waals surface area contributed by atoms with E-state index < -0.39 is 5.60 Å². The van der Waals surface area contributed by atoms with Crippen LogP contribution < -0.4 is 0 Å². The number of aliphatic hydroxyl groups is 1. The second-order valence-electron chi connectivity index (χ2n) is 6.83. The van der Waals surface area contributed by atoms with Gasteiger partial charge in [-0.15, -0.1) is 0 Å². The summed E-state index contributed by atoms with van der Waals surface area (Å²) >= 11 is 0. The molecule has 1 atom stereocenters. The number of likely N-dealkylation sites (tertiary alicyclic amines) is 1. The molecule has 23 heavy (non-hydrogen) atoms. The first-order valence-electron chi connectivity index (χ1n) is 8.13. The third kappa shape index (κ3) is 4.79. The van der Waals surface area contributed by atoms with E-state index in [4.69, 9.17) is 0 Å². The first-order chi connectivity index (χ1) is 10.8. The lowest BCUT2D eigenvalue weighted by molar-refractivity contribution is -0.139. The van der Waals surface area contributed by atoms with E-state index in [0.29, 0.717) is 19.6 Å². The predicted octanol–water partition coefficient (Wildman–Crippen LogP) is 1.65. The molecule has 1 aliphatic heterocycles. The summed E-state index contributed by atoms with van der Waals surface area (Å²) < 4.78 is 0. The summed E-state index contributed by atoms with van der Waals surface area (Å²) in [5, 5.41) is 10.1. The van der Waals surface area contributed by atoms with Gasteiger partial charge in [0.2, 0.25) is 11.8 Å². The average Bonchev–Trinajstić information content (AvgIpc) is 2.86. The summed E-state index contributed by atoms with van der Waals surface area (Å²) in [6.45, 7) is 7.10. The molecule has 126 valence electrons. The standard InChI is InChI=1S/C18H26N2O3/c1-4-19-12-15(10-16(19)21)17(22)20(13-18(2,3)23)11-14-8-6-5-7-9-14/h5-9,15,23H,4,10-13H2,1-3H3. The molecule has 1 aromatic carbocycles. The van der Waals surface area contributed by atoms with Gasteiger partial charge in [-0.25, -0.2) is 0 Å². The minimum absolute atomic E-state index is 0.0359. The largest absolute Gasteiger partial charge is 0.389 e. The number of nitrogens with zero attached hydrogens (tertiary/aromatic N) is 2. The van der Waals surface area contributed by atoms with Crippen molar-refractivity contribution < 1.29 is 14.7 Å². The van der Waals surface area contributed by atoms with Crippen molar-refractivity contribution in [3.05, 3.63) is 35.9 Å². The van der Waals surface area contributed by atoms with Crippen LogP contribution >= 0.6 is 0 Å². The molecular formula is C18H26N2O3. The van der Waals surface area contributed by atoms with Crippen LogP contribution in [0.4, 0.5) is 0 Å². The van der Waals surface area contributed by atoms with E-state index in [2.05, 4.69) is 0 Å². The average molecular weight is 318 g/mol. The molecule has 0 aromatic heterocycles. The van der Waals surface area contributed by atoms with Crippen LogP contribution in [0.15, 0.2) is 30.3 Å². The Morgan fingerprint density at radius 3 is 2.52 bits per heavy atom. The fraction of sp³-hybridized carbons (Fsp3) is 0.556. The molecule has 1 N–H and O–H groups in total. The zero-order valence-electron chi connectivity index (χ0n) is 14.2. The van der Waals surface area contributed by atoms with Gasteiger partial charge in [0.1, 0.15) is 0 Å². The van der Waals surface area contributed by atoms with Crippen molar-refractivity contribution in [2.24, 2.45) is 5.92 Å². The Labute approximate surface area is 137 Å². The number of amides is 2. The SMILES string of the molecule is CCN1CC(C(=O)N(Cc2ccccc2)CC(C)(C)O)CC1=O. The normalized spacial score (nSPS) is 18.3. The molecular weight excluding hydrogens is 292 g/mol. The van der Waals surface area contributed by atoms with E-state index in [1.807, 2.05) is 37.3 Å². The van der Waals surface area contributed by atoms with E-state index >= 15 is 0 Å². The Kier molecular flexibility index (Phi) is 5.42. The van der Waals surface area contributed by atoms with Crippen LogP contribution in [0.2, 0.25) is 0 Å². The predicted molar refractivity (Wildman–Crippen MR) is 88.5 cm³/mol. The minimum Gasteiger partial charge on any atom is -0.389 e. The highest BCUT2D eigenvalue weighted by molar-refractivity contribution is 5.89. The second-order valence-corrected chi connectivity index (χ2v) is 6.83. The second kappa shape index (κ2) is 7.13. The van der Waals surface area contributed by atoms with E-state index in [0.717, 1.165) is 5.56 Å². The van der Waals surface area contributed by atoms with Crippen molar-refractivity contribution >= 4 is 11.8 Å². The highest BCUT2D eigenvalue weighted by Crippen LogP contribution is 2.22. The van der Waals surface area contributed by atoms with Gasteiger partial charge in [-0.3, -0.25) is 9.59 Å². The molecule has 1 unspecified atom stereocenters. The Balaban J connectivity index is 2.13. The van der Waals surface area contributed by atoms with E-state index in [-0.39, 0.29) is 30.7 Å². The van der Waals surface area contributed by atoms with Crippen LogP contribution in [0.25, 0.3) is 0 Å². The number of hydrogen-bond acceptors (Lipinski definition) is 3. The molecule has 2 amide bonds. The lowest BCUT2D eigenvalue weighted by atomic mass is 10.0. The Morgan fingerprint density at radius 1 is 1.35 bits per heavy atom. The molecule has 0 bridgehead atoms. The number of rotatable bonds is 6. The molecule has 1 fully saturated rings. The lowest BCUT2D eigenvalue weighted by Gasteiger charge is -2.31. The quantitative estimate of drug-likeness (QED) is 0.867. The van der Waals surface area contributed by atoms with Crippen molar-refractivity contribution in [2.45, 2.75) is 39.3 Å². The van der Waals surface area contributed by atoms with Crippen molar-refractivity contribution in [3.8, 4) is 0 Å². The lowest BCUT2D eigenvalue weighted by Crippen LogP contribution is -2.44. The van der Waals surface area contributed by atoms with Gasteiger partial charge in [0.25, 0.3) is 0 Å². The number of carbonyl (C=O) groups excluding carboxylic acids is 2. The molecule has 1 aliphatic rings. The van der Waals surface area contributed by atoms with E-state index in [1.165, 1.54) is 0 Å². The monoisotopic (exact) mass is 318 g/mol. The molecule has 5 nitrogen and oxygen atoms in total. The molecule has 1 aromatic rings. The fourth-order valence-corrected chi connectivity index (χ4v) is 2.98. The molecule has 2 rings (SSSR count). The summed E-state index contributed by atoms with van der Waals surface area (Å²) in [5.41, 5.74) is 0.0408. The molecule has 5 heteroatoms. The van der Waals surface area contributed by atoms with Crippen LogP contribution in [0, 0.1) is 5.92 Å². The van der Waals surface area contributed by atoms with Crippen LogP contribution in [0.3, 0.4) is 0 Å². The van der Waals surface area contributed by atoms with Crippen LogP contribution in [0.1, 0.15) is 32.8 Å². The van der Waals surface area contributed by atoms with Crippen molar-refractivity contribution in [3.63, 3.8) is 0 Å². The first-order valence-corrected chi connectivity index (χ1v) is 8.13. The molecule has 0 aliphatic carbocycles. The van der Waals surface area contributed by atoms with E-state index in [1.54, 1.807) is 23.6 Å². The van der Waals surface area contributed by atoms with E-state index in [9.17, 15) is 14.7 Å². The van der Waals surface area contributed by atoms with Crippen LogP contribution in [-0.2, 0) is 16.1 Å². The van der Waals surface area contributed by atoms with Crippen LogP contribution in [0.5, 0.6) is 0 Å². The van der Waals surface area contributed by atoms with Gasteiger partial charge in [-0.2, -0.15) is 0 Å². The zero-order chi connectivity index (χ0) is 17.0. The first kappa shape index (κ1) is 17.5. The van der Waals surface area contributed by atoms with Gasteiger partial charge in [0.05, 0.1) is 11.5 Å².